The van der Waals surface area contributed by atoms with Crippen LogP contribution < -0.4 is 20.5 Å². The van der Waals surface area contributed by atoms with Crippen LogP contribution in [-0.4, -0.2) is 35.6 Å². The number of amides is 2. The minimum atomic E-state index is -0.542. The van der Waals surface area contributed by atoms with Crippen LogP contribution in [0.2, 0.25) is 0 Å². The van der Waals surface area contributed by atoms with E-state index in [0.29, 0.717) is 23.8 Å². The molecule has 1 aliphatic rings. The molecule has 0 bridgehead atoms. The zero-order chi connectivity index (χ0) is 20.3. The molecule has 0 radical (unpaired) electrons. The molecule has 7 nitrogen and oxygen atoms in total. The lowest BCUT2D eigenvalue weighted by Gasteiger charge is -2.16. The van der Waals surface area contributed by atoms with Gasteiger partial charge in [-0.15, -0.1) is 0 Å². The third-order valence-electron chi connectivity index (χ3n) is 4.94. The van der Waals surface area contributed by atoms with Gasteiger partial charge in [0.25, 0.3) is 5.91 Å². The molecule has 2 atom stereocenters. The van der Waals surface area contributed by atoms with Crippen molar-refractivity contribution >= 4 is 22.6 Å². The van der Waals surface area contributed by atoms with E-state index in [2.05, 4.69) is 10.3 Å². The summed E-state index contributed by atoms with van der Waals surface area (Å²) in [5, 5.41) is 4.57. The summed E-state index contributed by atoms with van der Waals surface area (Å²) in [5.41, 5.74) is 5.83. The van der Waals surface area contributed by atoms with Crippen molar-refractivity contribution in [1.29, 1.82) is 0 Å². The Bertz CT molecular complexity index is 881. The molecule has 7 heteroatoms. The van der Waals surface area contributed by atoms with E-state index in [1.54, 1.807) is 24.4 Å². The Morgan fingerprint density at radius 1 is 1.39 bits per heavy atom. The van der Waals surface area contributed by atoms with Gasteiger partial charge in [-0.05, 0) is 50.3 Å². The molecule has 28 heavy (non-hydrogen) atoms. The zero-order valence-electron chi connectivity index (χ0n) is 16.5. The minimum Gasteiger partial charge on any atom is -0.490 e. The highest BCUT2D eigenvalue weighted by atomic mass is 16.5. The molecule has 2 heterocycles. The van der Waals surface area contributed by atoms with Crippen molar-refractivity contribution in [2.24, 2.45) is 11.7 Å². The van der Waals surface area contributed by atoms with Crippen molar-refractivity contribution in [2.75, 3.05) is 6.61 Å². The average Bonchev–Trinajstić information content (AvgIpc) is 3.00. The third-order valence-corrected chi connectivity index (χ3v) is 4.94. The average molecular weight is 385 g/mol. The molecule has 1 aliphatic heterocycles. The second kappa shape index (κ2) is 8.46. The molecule has 1 unspecified atom stereocenters. The molecule has 0 saturated carbocycles. The number of carbonyl (C=O) groups excluding carboxylic acids is 2. The van der Waals surface area contributed by atoms with Gasteiger partial charge in [0.05, 0.1) is 18.3 Å². The Balaban J connectivity index is 1.77. The number of primary amides is 1. The zero-order valence-corrected chi connectivity index (χ0v) is 16.5. The fourth-order valence-corrected chi connectivity index (χ4v) is 3.50. The maximum absolute atomic E-state index is 11.8. The molecule has 0 spiro atoms. The summed E-state index contributed by atoms with van der Waals surface area (Å²) in [7, 11) is 0. The van der Waals surface area contributed by atoms with E-state index >= 15 is 0 Å². The van der Waals surface area contributed by atoms with Crippen LogP contribution >= 0.6 is 0 Å². The van der Waals surface area contributed by atoms with Gasteiger partial charge in [-0.1, -0.05) is 6.92 Å². The highest BCUT2D eigenvalue weighted by Gasteiger charge is 2.30. The van der Waals surface area contributed by atoms with Crippen LogP contribution in [0.25, 0.3) is 10.8 Å². The van der Waals surface area contributed by atoms with Crippen LogP contribution in [0, 0.1) is 5.92 Å². The lowest BCUT2D eigenvalue weighted by atomic mass is 10.0. The van der Waals surface area contributed by atoms with Crippen LogP contribution in [0.4, 0.5) is 0 Å². The molecule has 3 rings (SSSR count). The fourth-order valence-electron chi connectivity index (χ4n) is 3.50. The predicted octanol–water partition coefficient (Wildman–Crippen LogP) is 2.80. The van der Waals surface area contributed by atoms with Crippen molar-refractivity contribution in [3.63, 3.8) is 0 Å². The first-order valence-corrected chi connectivity index (χ1v) is 9.71. The standard InChI is InChI=1S/C21H27N3O4/c1-4-13-9-15(24-20(13)26)6-8-27-21-16-11-18(28-12(2)3)17(19(22)25)10-14(16)5-7-23-21/h5,7,10-13,15H,4,6,8-9H2,1-3H3,(H2,22,25)(H,24,26)/t13?,15-/m1/s1. The van der Waals surface area contributed by atoms with Crippen molar-refractivity contribution in [3.05, 3.63) is 30.0 Å². The summed E-state index contributed by atoms with van der Waals surface area (Å²) in [6.07, 6.45) is 3.95. The number of carbonyl (C=O) groups is 2. The SMILES string of the molecule is CCC1C[C@@H](CCOc2nccc3cc(C(N)=O)c(OC(C)C)cc23)NC1=O. The number of nitrogens with one attached hydrogen (secondary N) is 1. The lowest BCUT2D eigenvalue weighted by molar-refractivity contribution is -0.122. The van der Waals surface area contributed by atoms with Crippen LogP contribution in [0.15, 0.2) is 24.4 Å². The van der Waals surface area contributed by atoms with Crippen molar-refractivity contribution in [1.82, 2.24) is 10.3 Å². The van der Waals surface area contributed by atoms with E-state index in [1.807, 2.05) is 20.8 Å². The number of rotatable bonds is 8. The second-order valence-corrected chi connectivity index (χ2v) is 7.40. The number of hydrogen-bond acceptors (Lipinski definition) is 5. The molecule has 3 N–H and O–H groups in total. The number of fused-ring (bicyclic) bond motifs is 1. The third kappa shape index (κ3) is 4.35. The van der Waals surface area contributed by atoms with Crippen molar-refractivity contribution < 1.29 is 19.1 Å². The molecule has 2 aromatic rings. The topological polar surface area (TPSA) is 104 Å². The maximum Gasteiger partial charge on any atom is 0.252 e. The van der Waals surface area contributed by atoms with Gasteiger partial charge in [0, 0.05) is 30.0 Å². The van der Waals surface area contributed by atoms with Gasteiger partial charge in [0.1, 0.15) is 5.75 Å². The number of nitrogens with two attached hydrogens (primary N) is 1. The second-order valence-electron chi connectivity index (χ2n) is 7.40. The number of pyridine rings is 1. The first-order valence-electron chi connectivity index (χ1n) is 9.71. The summed E-state index contributed by atoms with van der Waals surface area (Å²) >= 11 is 0. The lowest BCUT2D eigenvalue weighted by Crippen LogP contribution is -2.27. The molecule has 0 aliphatic carbocycles. The van der Waals surface area contributed by atoms with Gasteiger partial charge in [0.15, 0.2) is 0 Å². The summed E-state index contributed by atoms with van der Waals surface area (Å²) in [4.78, 5) is 27.9. The van der Waals surface area contributed by atoms with E-state index < -0.39 is 5.91 Å². The molecule has 1 saturated heterocycles. The quantitative estimate of drug-likeness (QED) is 0.727. The van der Waals surface area contributed by atoms with Crippen LogP contribution in [-0.2, 0) is 4.79 Å². The normalized spacial score (nSPS) is 19.1. The van der Waals surface area contributed by atoms with E-state index in [0.717, 1.165) is 30.0 Å². The Labute approximate surface area is 164 Å². The largest absolute Gasteiger partial charge is 0.490 e. The van der Waals surface area contributed by atoms with Crippen LogP contribution in [0.3, 0.4) is 0 Å². The molecule has 1 fully saturated rings. The van der Waals surface area contributed by atoms with E-state index in [9.17, 15) is 9.59 Å². The number of hydrogen-bond donors (Lipinski definition) is 2. The maximum atomic E-state index is 11.8. The Morgan fingerprint density at radius 2 is 2.18 bits per heavy atom. The highest BCUT2D eigenvalue weighted by Crippen LogP contribution is 2.31. The van der Waals surface area contributed by atoms with E-state index in [1.165, 1.54) is 0 Å². The number of ether oxygens (including phenoxy) is 2. The molecule has 1 aromatic heterocycles. The molecule has 150 valence electrons. The smallest absolute Gasteiger partial charge is 0.252 e. The molecule has 2 amide bonds. The minimum absolute atomic E-state index is 0.101. The van der Waals surface area contributed by atoms with E-state index in [-0.39, 0.29) is 24.0 Å². The number of benzene rings is 1. The monoisotopic (exact) mass is 385 g/mol. The fraction of sp³-hybridized carbons (Fsp3) is 0.476. The highest BCUT2D eigenvalue weighted by molar-refractivity contribution is 6.01. The van der Waals surface area contributed by atoms with Crippen molar-refractivity contribution in [2.45, 2.75) is 52.2 Å². The Kier molecular flexibility index (Phi) is 6.02. The molecule has 1 aromatic carbocycles. The van der Waals surface area contributed by atoms with Gasteiger partial charge in [0.2, 0.25) is 11.8 Å². The number of nitrogens with zero attached hydrogens (tertiary/aromatic N) is 1. The molecular weight excluding hydrogens is 358 g/mol. The first kappa shape index (κ1) is 19.9. The summed E-state index contributed by atoms with van der Waals surface area (Å²) in [6.45, 7) is 6.23. The van der Waals surface area contributed by atoms with Gasteiger partial charge in [-0.25, -0.2) is 4.98 Å². The summed E-state index contributed by atoms with van der Waals surface area (Å²) < 4.78 is 11.7. The van der Waals surface area contributed by atoms with Gasteiger partial charge < -0.3 is 20.5 Å². The van der Waals surface area contributed by atoms with Crippen molar-refractivity contribution in [3.8, 4) is 11.6 Å². The van der Waals surface area contributed by atoms with E-state index in [4.69, 9.17) is 15.2 Å². The Morgan fingerprint density at radius 3 is 2.82 bits per heavy atom. The van der Waals surface area contributed by atoms with Gasteiger partial charge >= 0.3 is 0 Å². The first-order chi connectivity index (χ1) is 13.4. The Hall–Kier alpha value is -2.83. The number of aromatic nitrogens is 1. The van der Waals surface area contributed by atoms with Crippen LogP contribution in [0.5, 0.6) is 11.6 Å². The summed E-state index contributed by atoms with van der Waals surface area (Å²) in [6, 6.07) is 5.39. The summed E-state index contributed by atoms with van der Waals surface area (Å²) in [5.74, 6) is 0.577. The molecular formula is C21H27N3O4. The predicted molar refractivity (Wildman–Crippen MR) is 106 cm³/mol. The van der Waals surface area contributed by atoms with Crippen LogP contribution in [0.1, 0.15) is 50.4 Å². The van der Waals surface area contributed by atoms with Gasteiger partial charge in [-0.3, -0.25) is 9.59 Å². The van der Waals surface area contributed by atoms with Gasteiger partial charge in [-0.2, -0.15) is 0 Å².